The Morgan fingerprint density at radius 1 is 1.07 bits per heavy atom. The Balaban J connectivity index is 0.00000210. The van der Waals surface area contributed by atoms with Gasteiger partial charge in [-0.15, -0.1) is 24.8 Å². The zero-order valence-electron chi connectivity index (χ0n) is 15.3. The van der Waals surface area contributed by atoms with Gasteiger partial charge in [-0.05, 0) is 55.3 Å². The molecule has 1 amide bonds. The highest BCUT2D eigenvalue weighted by Crippen LogP contribution is 2.36. The molecule has 0 aliphatic heterocycles. The topological polar surface area (TPSA) is 99.3 Å². The average molecular weight is 448 g/mol. The fourth-order valence-electron chi connectivity index (χ4n) is 2.74. The Hall–Kier alpha value is -2.78. The van der Waals surface area contributed by atoms with Gasteiger partial charge in [-0.2, -0.15) is 18.2 Å². The molecule has 156 valence electrons. The largest absolute Gasteiger partial charge is 0.418 e. The Kier molecular flexibility index (Phi) is 7.28. The van der Waals surface area contributed by atoms with Crippen LogP contribution in [0, 0.1) is 13.8 Å². The average Bonchev–Trinajstić information content (AvgIpc) is 2.96. The van der Waals surface area contributed by atoms with E-state index in [0.717, 1.165) is 17.2 Å². The Labute approximate surface area is 176 Å². The van der Waals surface area contributed by atoms with E-state index in [9.17, 15) is 18.0 Å². The minimum absolute atomic E-state index is 0. The highest BCUT2D eigenvalue weighted by atomic mass is 35.5. The molecule has 6 nitrogen and oxygen atoms in total. The SMILES string of the molecule is Cc1cc2ncn(-c3ccc(C(=O)N=C(N)N)cc3C(F)(F)F)c2cc1C.Cl.Cl. The van der Waals surface area contributed by atoms with Crippen molar-refractivity contribution in [1.29, 1.82) is 0 Å². The number of halogens is 5. The van der Waals surface area contributed by atoms with Crippen LogP contribution in [0.4, 0.5) is 13.2 Å². The molecule has 0 saturated heterocycles. The third-order valence-electron chi connectivity index (χ3n) is 4.20. The molecule has 0 aliphatic rings. The van der Waals surface area contributed by atoms with Crippen LogP contribution in [0.3, 0.4) is 0 Å². The second-order valence-electron chi connectivity index (χ2n) is 6.11. The highest BCUT2D eigenvalue weighted by Gasteiger charge is 2.35. The van der Waals surface area contributed by atoms with Crippen LogP contribution in [0.25, 0.3) is 16.7 Å². The van der Waals surface area contributed by atoms with Crippen LogP contribution in [-0.4, -0.2) is 21.4 Å². The van der Waals surface area contributed by atoms with Gasteiger partial charge in [-0.25, -0.2) is 4.98 Å². The molecule has 1 heterocycles. The van der Waals surface area contributed by atoms with Crippen LogP contribution in [0.15, 0.2) is 41.7 Å². The number of carbonyl (C=O) groups excluding carboxylic acids is 1. The van der Waals surface area contributed by atoms with Gasteiger partial charge in [0.2, 0.25) is 0 Å². The zero-order chi connectivity index (χ0) is 19.9. The smallest absolute Gasteiger partial charge is 0.370 e. The quantitative estimate of drug-likeness (QED) is 0.459. The number of carbonyl (C=O) groups is 1. The minimum atomic E-state index is -4.69. The van der Waals surface area contributed by atoms with Gasteiger partial charge in [-0.1, -0.05) is 0 Å². The Morgan fingerprint density at radius 3 is 2.28 bits per heavy atom. The van der Waals surface area contributed by atoms with Crippen LogP contribution >= 0.6 is 24.8 Å². The van der Waals surface area contributed by atoms with Crippen molar-refractivity contribution in [3.63, 3.8) is 0 Å². The maximum absolute atomic E-state index is 13.7. The summed E-state index contributed by atoms with van der Waals surface area (Å²) in [6, 6.07) is 6.76. The normalized spacial score (nSPS) is 10.8. The fraction of sp³-hybridized carbons (Fsp3) is 0.167. The molecule has 0 aliphatic carbocycles. The van der Waals surface area contributed by atoms with Crippen molar-refractivity contribution in [3.05, 3.63) is 58.9 Å². The first-order valence-electron chi connectivity index (χ1n) is 7.88. The lowest BCUT2D eigenvalue weighted by Gasteiger charge is -2.15. The molecule has 0 radical (unpaired) electrons. The molecule has 0 spiro atoms. The first-order chi connectivity index (χ1) is 12.6. The number of aromatic nitrogens is 2. The van der Waals surface area contributed by atoms with Crippen molar-refractivity contribution in [2.45, 2.75) is 20.0 Å². The predicted molar refractivity (Wildman–Crippen MR) is 110 cm³/mol. The molecule has 0 bridgehead atoms. The first-order valence-corrected chi connectivity index (χ1v) is 7.88. The maximum Gasteiger partial charge on any atom is 0.418 e. The number of aryl methyl sites for hydroxylation is 2. The van der Waals surface area contributed by atoms with Crippen molar-refractivity contribution in [2.75, 3.05) is 0 Å². The van der Waals surface area contributed by atoms with Gasteiger partial charge in [0.05, 0.1) is 22.3 Å². The van der Waals surface area contributed by atoms with Crippen LogP contribution in [-0.2, 0) is 6.18 Å². The summed E-state index contributed by atoms with van der Waals surface area (Å²) in [5.41, 5.74) is 11.9. The molecule has 2 aromatic carbocycles. The summed E-state index contributed by atoms with van der Waals surface area (Å²) in [7, 11) is 0. The number of guanidine groups is 1. The summed E-state index contributed by atoms with van der Waals surface area (Å²) < 4.78 is 42.3. The van der Waals surface area contributed by atoms with Crippen LogP contribution in [0.5, 0.6) is 0 Å². The van der Waals surface area contributed by atoms with Crippen LogP contribution in [0.1, 0.15) is 27.0 Å². The molecule has 0 fully saturated rings. The number of hydrogen-bond donors (Lipinski definition) is 2. The van der Waals surface area contributed by atoms with E-state index < -0.39 is 23.6 Å². The van der Waals surface area contributed by atoms with Crippen molar-refractivity contribution in [2.24, 2.45) is 16.5 Å². The van der Waals surface area contributed by atoms with Gasteiger partial charge < -0.3 is 11.5 Å². The standard InChI is InChI=1S/C18H16F3N5O.2ClH/c1-9-5-13-15(6-10(9)2)26(8-24-13)14-4-3-11(16(27)25-17(22)23)7-12(14)18(19,20)21;;/h3-8H,1-2H3,(H4,22,23,25,27);2*1H. The van der Waals surface area contributed by atoms with E-state index in [1.807, 2.05) is 19.9 Å². The molecule has 29 heavy (non-hydrogen) atoms. The molecule has 0 atom stereocenters. The van der Waals surface area contributed by atoms with Gasteiger partial charge in [0.25, 0.3) is 5.91 Å². The zero-order valence-corrected chi connectivity index (χ0v) is 17.0. The van der Waals surface area contributed by atoms with Crippen molar-refractivity contribution in [1.82, 2.24) is 9.55 Å². The summed E-state index contributed by atoms with van der Waals surface area (Å²) in [4.78, 5) is 19.4. The van der Waals surface area contributed by atoms with Gasteiger partial charge >= 0.3 is 6.18 Å². The van der Waals surface area contributed by atoms with E-state index in [1.165, 1.54) is 23.0 Å². The van der Waals surface area contributed by atoms with Crippen LogP contribution < -0.4 is 11.5 Å². The molecule has 0 unspecified atom stereocenters. The summed E-state index contributed by atoms with van der Waals surface area (Å²) in [6.45, 7) is 3.77. The number of fused-ring (bicyclic) bond motifs is 1. The number of amides is 1. The fourth-order valence-corrected chi connectivity index (χ4v) is 2.74. The Bertz CT molecular complexity index is 1090. The van der Waals surface area contributed by atoms with E-state index in [2.05, 4.69) is 9.98 Å². The molecule has 3 rings (SSSR count). The van der Waals surface area contributed by atoms with E-state index >= 15 is 0 Å². The van der Waals surface area contributed by atoms with E-state index in [4.69, 9.17) is 11.5 Å². The second-order valence-corrected chi connectivity index (χ2v) is 6.11. The monoisotopic (exact) mass is 447 g/mol. The number of nitrogens with two attached hydrogens (primary N) is 2. The lowest BCUT2D eigenvalue weighted by atomic mass is 10.1. The number of hydrogen-bond acceptors (Lipinski definition) is 2. The number of aliphatic imine (C=N–C) groups is 1. The summed E-state index contributed by atoms with van der Waals surface area (Å²) in [5.74, 6) is -1.47. The lowest BCUT2D eigenvalue weighted by molar-refractivity contribution is -0.137. The van der Waals surface area contributed by atoms with Gasteiger partial charge in [0.15, 0.2) is 5.96 Å². The van der Waals surface area contributed by atoms with Crippen molar-refractivity contribution in [3.8, 4) is 5.69 Å². The number of benzene rings is 2. The molecule has 11 heteroatoms. The summed E-state index contributed by atoms with van der Waals surface area (Å²) >= 11 is 0. The van der Waals surface area contributed by atoms with E-state index in [-0.39, 0.29) is 36.1 Å². The first kappa shape index (κ1) is 24.3. The number of nitrogens with zero attached hydrogens (tertiary/aromatic N) is 3. The maximum atomic E-state index is 13.7. The minimum Gasteiger partial charge on any atom is -0.370 e. The number of imidazole rings is 1. The van der Waals surface area contributed by atoms with Gasteiger partial charge in [0.1, 0.15) is 6.33 Å². The molecular weight excluding hydrogens is 430 g/mol. The molecule has 1 aromatic heterocycles. The lowest BCUT2D eigenvalue weighted by Crippen LogP contribution is -2.24. The molecule has 4 N–H and O–H groups in total. The third kappa shape index (κ3) is 4.80. The Morgan fingerprint density at radius 2 is 1.69 bits per heavy atom. The van der Waals surface area contributed by atoms with Crippen LogP contribution in [0.2, 0.25) is 0 Å². The molecule has 3 aromatic rings. The predicted octanol–water partition coefficient (Wildman–Crippen LogP) is 3.92. The highest BCUT2D eigenvalue weighted by molar-refractivity contribution is 6.02. The van der Waals surface area contributed by atoms with E-state index in [1.54, 1.807) is 6.07 Å². The van der Waals surface area contributed by atoms with Crippen molar-refractivity contribution >= 4 is 47.7 Å². The molecular formula is C18H18Cl2F3N5O. The molecule has 0 saturated carbocycles. The summed E-state index contributed by atoms with van der Waals surface area (Å²) in [5, 5.41) is 0. The van der Waals surface area contributed by atoms with Gasteiger partial charge in [-0.3, -0.25) is 9.36 Å². The number of rotatable bonds is 2. The third-order valence-corrected chi connectivity index (χ3v) is 4.20. The van der Waals surface area contributed by atoms with Gasteiger partial charge in [0, 0.05) is 5.56 Å². The summed E-state index contributed by atoms with van der Waals surface area (Å²) in [6.07, 6.45) is -3.37. The second kappa shape index (κ2) is 8.71. The van der Waals surface area contributed by atoms with E-state index in [0.29, 0.717) is 11.0 Å². The van der Waals surface area contributed by atoms with Crippen molar-refractivity contribution < 1.29 is 18.0 Å². The number of alkyl halides is 3.